The van der Waals surface area contributed by atoms with E-state index in [-0.39, 0.29) is 18.3 Å². The third-order valence-corrected chi connectivity index (χ3v) is 2.57. The molecule has 0 aromatic heterocycles. The van der Waals surface area contributed by atoms with E-state index in [9.17, 15) is 9.59 Å². The zero-order chi connectivity index (χ0) is 11.3. The largest absolute Gasteiger partial charge is 0.467 e. The first-order valence-electron chi connectivity index (χ1n) is 5.21. The molecule has 1 rings (SSSR count). The molecule has 6 heteroatoms. The van der Waals surface area contributed by atoms with Crippen LogP contribution in [0.3, 0.4) is 0 Å². The zero-order valence-corrected chi connectivity index (χ0v) is 10.4. The van der Waals surface area contributed by atoms with Crippen LogP contribution in [-0.4, -0.2) is 38.1 Å². The van der Waals surface area contributed by atoms with Gasteiger partial charge in [0.2, 0.25) is 5.91 Å². The van der Waals surface area contributed by atoms with Crippen molar-refractivity contribution in [2.24, 2.45) is 5.92 Å². The van der Waals surface area contributed by atoms with Crippen LogP contribution >= 0.6 is 12.4 Å². The normalized spacial score (nSPS) is 20.8. The molecule has 0 spiro atoms. The van der Waals surface area contributed by atoms with Crippen LogP contribution in [0.25, 0.3) is 0 Å². The Balaban J connectivity index is 0.00000225. The van der Waals surface area contributed by atoms with Gasteiger partial charge in [-0.1, -0.05) is 0 Å². The summed E-state index contributed by atoms with van der Waals surface area (Å²) in [5, 5.41) is 5.81. The first-order chi connectivity index (χ1) is 7.13. The summed E-state index contributed by atoms with van der Waals surface area (Å²) in [6, 6.07) is -0.558. The van der Waals surface area contributed by atoms with Crippen molar-refractivity contribution in [1.82, 2.24) is 10.6 Å². The van der Waals surface area contributed by atoms with Crippen molar-refractivity contribution < 1.29 is 14.3 Å². The van der Waals surface area contributed by atoms with Crippen LogP contribution < -0.4 is 10.6 Å². The summed E-state index contributed by atoms with van der Waals surface area (Å²) >= 11 is 0. The number of esters is 1. The molecule has 0 saturated carbocycles. The van der Waals surface area contributed by atoms with Crippen LogP contribution in [0.5, 0.6) is 0 Å². The maximum absolute atomic E-state index is 11.5. The molecule has 2 atom stereocenters. The Morgan fingerprint density at radius 3 is 2.75 bits per heavy atom. The molecule has 2 N–H and O–H groups in total. The number of methoxy groups -OCH3 is 1. The molecule has 94 valence electrons. The highest BCUT2D eigenvalue weighted by Crippen LogP contribution is 2.11. The van der Waals surface area contributed by atoms with Crippen LogP contribution in [0.2, 0.25) is 0 Å². The minimum absolute atomic E-state index is 0. The third kappa shape index (κ3) is 4.81. The summed E-state index contributed by atoms with van der Waals surface area (Å²) in [5.74, 6) is -0.0932. The second-order valence-electron chi connectivity index (χ2n) is 3.88. The molecule has 1 saturated heterocycles. The van der Waals surface area contributed by atoms with Crippen molar-refractivity contribution in [3.05, 3.63) is 0 Å². The average molecular weight is 251 g/mol. The van der Waals surface area contributed by atoms with Crippen LogP contribution in [-0.2, 0) is 14.3 Å². The highest BCUT2D eigenvalue weighted by Gasteiger charge is 2.21. The second kappa shape index (κ2) is 7.46. The van der Waals surface area contributed by atoms with E-state index in [4.69, 9.17) is 0 Å². The fourth-order valence-electron chi connectivity index (χ4n) is 1.69. The van der Waals surface area contributed by atoms with Gasteiger partial charge in [-0.05, 0) is 32.4 Å². The molecule has 2 unspecified atom stereocenters. The lowest BCUT2D eigenvalue weighted by Crippen LogP contribution is -2.39. The zero-order valence-electron chi connectivity index (χ0n) is 9.62. The molecule has 1 fully saturated rings. The summed E-state index contributed by atoms with van der Waals surface area (Å²) in [5.41, 5.74) is 0. The predicted molar refractivity (Wildman–Crippen MR) is 62.5 cm³/mol. The summed E-state index contributed by atoms with van der Waals surface area (Å²) < 4.78 is 4.52. The first-order valence-corrected chi connectivity index (χ1v) is 5.21. The summed E-state index contributed by atoms with van der Waals surface area (Å²) in [6.07, 6.45) is 1.51. The maximum atomic E-state index is 11.5. The Morgan fingerprint density at radius 1 is 1.56 bits per heavy atom. The molecule has 0 radical (unpaired) electrons. The number of amides is 1. The van der Waals surface area contributed by atoms with Crippen molar-refractivity contribution in [3.8, 4) is 0 Å². The standard InChI is InChI=1S/C10H18N2O3.ClH/c1-7(10(14)15-2)12-9(13)5-8-3-4-11-6-8;/h7-8,11H,3-6H2,1-2H3,(H,12,13);1H. The van der Waals surface area contributed by atoms with E-state index >= 15 is 0 Å². The van der Waals surface area contributed by atoms with Crippen LogP contribution in [0, 0.1) is 5.92 Å². The van der Waals surface area contributed by atoms with Crippen LogP contribution in [0.15, 0.2) is 0 Å². The molecule has 0 aromatic carbocycles. The van der Waals surface area contributed by atoms with Gasteiger partial charge in [0.15, 0.2) is 0 Å². The minimum atomic E-state index is -0.558. The Labute approximate surface area is 102 Å². The van der Waals surface area contributed by atoms with Gasteiger partial charge >= 0.3 is 5.97 Å². The molecule has 1 aliphatic rings. The number of hydrogen-bond acceptors (Lipinski definition) is 4. The van der Waals surface area contributed by atoms with E-state index in [1.54, 1.807) is 6.92 Å². The van der Waals surface area contributed by atoms with Gasteiger partial charge in [0.25, 0.3) is 0 Å². The molecule has 5 nitrogen and oxygen atoms in total. The Kier molecular flexibility index (Phi) is 7.08. The monoisotopic (exact) mass is 250 g/mol. The Morgan fingerprint density at radius 2 is 2.25 bits per heavy atom. The number of carbonyl (C=O) groups excluding carboxylic acids is 2. The average Bonchev–Trinajstić information content (AvgIpc) is 2.68. The number of nitrogens with one attached hydrogen (secondary N) is 2. The lowest BCUT2D eigenvalue weighted by molar-refractivity contribution is -0.144. The topological polar surface area (TPSA) is 67.4 Å². The van der Waals surface area contributed by atoms with Crippen molar-refractivity contribution >= 4 is 24.3 Å². The smallest absolute Gasteiger partial charge is 0.328 e. The SMILES string of the molecule is COC(=O)C(C)NC(=O)CC1CCNC1.Cl. The summed E-state index contributed by atoms with van der Waals surface area (Å²) in [7, 11) is 1.31. The molecule has 0 aliphatic carbocycles. The van der Waals surface area contributed by atoms with E-state index in [0.29, 0.717) is 12.3 Å². The Bertz CT molecular complexity index is 242. The van der Waals surface area contributed by atoms with E-state index in [0.717, 1.165) is 19.5 Å². The first kappa shape index (κ1) is 15.2. The van der Waals surface area contributed by atoms with Crippen molar-refractivity contribution in [1.29, 1.82) is 0 Å². The summed E-state index contributed by atoms with van der Waals surface area (Å²) in [6.45, 7) is 3.49. The van der Waals surface area contributed by atoms with Crippen LogP contribution in [0.1, 0.15) is 19.8 Å². The number of carbonyl (C=O) groups is 2. The quantitative estimate of drug-likeness (QED) is 0.694. The molecular weight excluding hydrogens is 232 g/mol. The van der Waals surface area contributed by atoms with E-state index in [2.05, 4.69) is 15.4 Å². The van der Waals surface area contributed by atoms with Crippen molar-refractivity contribution in [3.63, 3.8) is 0 Å². The van der Waals surface area contributed by atoms with Gasteiger partial charge in [0, 0.05) is 6.42 Å². The maximum Gasteiger partial charge on any atom is 0.328 e. The molecule has 0 aromatic rings. The molecule has 1 heterocycles. The number of hydrogen-bond donors (Lipinski definition) is 2. The van der Waals surface area contributed by atoms with Gasteiger partial charge in [-0.3, -0.25) is 4.79 Å². The highest BCUT2D eigenvalue weighted by molar-refractivity contribution is 5.85. The highest BCUT2D eigenvalue weighted by atomic mass is 35.5. The van der Waals surface area contributed by atoms with E-state index in [1.807, 2.05) is 0 Å². The number of rotatable bonds is 4. The molecule has 16 heavy (non-hydrogen) atoms. The van der Waals surface area contributed by atoms with Gasteiger partial charge in [0.05, 0.1) is 7.11 Å². The fourth-order valence-corrected chi connectivity index (χ4v) is 1.69. The second-order valence-corrected chi connectivity index (χ2v) is 3.88. The van der Waals surface area contributed by atoms with Gasteiger partial charge < -0.3 is 15.4 Å². The number of ether oxygens (including phenoxy) is 1. The molecule has 1 aliphatic heterocycles. The van der Waals surface area contributed by atoms with Gasteiger partial charge in [-0.2, -0.15) is 0 Å². The van der Waals surface area contributed by atoms with Gasteiger partial charge in [0.1, 0.15) is 6.04 Å². The van der Waals surface area contributed by atoms with Gasteiger partial charge in [-0.25, -0.2) is 4.79 Å². The van der Waals surface area contributed by atoms with Crippen LogP contribution in [0.4, 0.5) is 0 Å². The molecule has 0 bridgehead atoms. The van der Waals surface area contributed by atoms with E-state index in [1.165, 1.54) is 7.11 Å². The number of halogens is 1. The van der Waals surface area contributed by atoms with Crippen molar-refractivity contribution in [2.45, 2.75) is 25.8 Å². The van der Waals surface area contributed by atoms with E-state index < -0.39 is 12.0 Å². The third-order valence-electron chi connectivity index (χ3n) is 2.57. The fraction of sp³-hybridized carbons (Fsp3) is 0.800. The minimum Gasteiger partial charge on any atom is -0.467 e. The van der Waals surface area contributed by atoms with Gasteiger partial charge in [-0.15, -0.1) is 12.4 Å². The molecular formula is C10H19ClN2O3. The lowest BCUT2D eigenvalue weighted by atomic mass is 10.0. The summed E-state index contributed by atoms with van der Waals surface area (Å²) in [4.78, 5) is 22.5. The lowest BCUT2D eigenvalue weighted by Gasteiger charge is -2.13. The predicted octanol–water partition coefficient (Wildman–Crippen LogP) is 0.0855. The van der Waals surface area contributed by atoms with Crippen molar-refractivity contribution in [2.75, 3.05) is 20.2 Å². The Hall–Kier alpha value is -0.810. The molecule has 1 amide bonds.